The molecule has 110 valence electrons. The highest BCUT2D eigenvalue weighted by atomic mass is 35.5. The van der Waals surface area contributed by atoms with Crippen LogP contribution in [-0.2, 0) is 16.0 Å². The predicted molar refractivity (Wildman–Crippen MR) is 79.2 cm³/mol. The van der Waals surface area contributed by atoms with Crippen molar-refractivity contribution in [3.8, 4) is 0 Å². The molecule has 0 heterocycles. The third-order valence-corrected chi connectivity index (χ3v) is 3.75. The molecule has 2 atom stereocenters. The third kappa shape index (κ3) is 4.69. The lowest BCUT2D eigenvalue weighted by Crippen LogP contribution is -2.45. The van der Waals surface area contributed by atoms with Gasteiger partial charge in [0.2, 0.25) is 5.91 Å². The second kappa shape index (κ2) is 7.50. The molecule has 20 heavy (non-hydrogen) atoms. The van der Waals surface area contributed by atoms with Crippen LogP contribution in [0.1, 0.15) is 25.8 Å². The van der Waals surface area contributed by atoms with Crippen molar-refractivity contribution in [2.45, 2.75) is 32.7 Å². The van der Waals surface area contributed by atoms with Crippen LogP contribution in [0, 0.1) is 5.92 Å². The Labute approximate surface area is 128 Å². The summed E-state index contributed by atoms with van der Waals surface area (Å²) in [5, 5.41) is 12.5. The Bertz CT molecular complexity index is 505. The SMILES string of the molecule is CCC(C)C(NC(=O)Cc1ccc(Cl)cc1Cl)C(=O)O. The molecule has 0 aliphatic heterocycles. The number of hydrogen-bond donors (Lipinski definition) is 2. The van der Waals surface area contributed by atoms with Crippen molar-refractivity contribution >= 4 is 35.1 Å². The van der Waals surface area contributed by atoms with E-state index in [0.29, 0.717) is 22.0 Å². The zero-order chi connectivity index (χ0) is 15.3. The number of benzene rings is 1. The van der Waals surface area contributed by atoms with Crippen LogP contribution >= 0.6 is 23.2 Å². The van der Waals surface area contributed by atoms with Gasteiger partial charge in [0, 0.05) is 10.0 Å². The van der Waals surface area contributed by atoms with Gasteiger partial charge in [-0.25, -0.2) is 4.79 Å². The summed E-state index contributed by atoms with van der Waals surface area (Å²) in [6.07, 6.45) is 0.690. The standard InChI is InChI=1S/C14H17Cl2NO3/c1-3-8(2)13(14(19)20)17-12(18)6-9-4-5-10(15)7-11(9)16/h4-5,7-8,13H,3,6H2,1-2H3,(H,17,18)(H,19,20). The number of halogens is 2. The molecule has 0 aliphatic rings. The number of carbonyl (C=O) groups excluding carboxylic acids is 1. The van der Waals surface area contributed by atoms with Crippen LogP contribution in [0.4, 0.5) is 0 Å². The Balaban J connectivity index is 2.73. The highest BCUT2D eigenvalue weighted by Gasteiger charge is 2.25. The lowest BCUT2D eigenvalue weighted by Gasteiger charge is -2.20. The summed E-state index contributed by atoms with van der Waals surface area (Å²) in [5.41, 5.74) is 0.613. The van der Waals surface area contributed by atoms with Gasteiger partial charge in [-0.1, -0.05) is 49.5 Å². The molecular formula is C14H17Cl2NO3. The van der Waals surface area contributed by atoms with Gasteiger partial charge in [-0.2, -0.15) is 0 Å². The van der Waals surface area contributed by atoms with E-state index in [0.717, 1.165) is 0 Å². The lowest BCUT2D eigenvalue weighted by molar-refractivity contribution is -0.143. The molecule has 1 rings (SSSR count). The third-order valence-electron chi connectivity index (χ3n) is 3.16. The van der Waals surface area contributed by atoms with Gasteiger partial charge in [-0.3, -0.25) is 4.79 Å². The zero-order valence-electron chi connectivity index (χ0n) is 11.3. The summed E-state index contributed by atoms with van der Waals surface area (Å²) in [6.45, 7) is 3.66. The van der Waals surface area contributed by atoms with E-state index in [4.69, 9.17) is 28.3 Å². The van der Waals surface area contributed by atoms with Crippen molar-refractivity contribution in [3.05, 3.63) is 33.8 Å². The first-order valence-corrected chi connectivity index (χ1v) is 7.06. The van der Waals surface area contributed by atoms with Crippen molar-refractivity contribution in [2.75, 3.05) is 0 Å². The van der Waals surface area contributed by atoms with Gasteiger partial charge >= 0.3 is 5.97 Å². The molecule has 1 aromatic rings. The van der Waals surface area contributed by atoms with Gasteiger partial charge in [0.25, 0.3) is 0 Å². The van der Waals surface area contributed by atoms with Gasteiger partial charge in [0.05, 0.1) is 6.42 Å². The second-order valence-electron chi connectivity index (χ2n) is 4.68. The van der Waals surface area contributed by atoms with Crippen LogP contribution < -0.4 is 5.32 Å². The van der Waals surface area contributed by atoms with Crippen molar-refractivity contribution < 1.29 is 14.7 Å². The molecule has 0 aromatic heterocycles. The highest BCUT2D eigenvalue weighted by molar-refractivity contribution is 6.35. The minimum absolute atomic E-state index is 0.0240. The molecule has 0 radical (unpaired) electrons. The lowest BCUT2D eigenvalue weighted by atomic mass is 9.99. The Morgan fingerprint density at radius 1 is 1.35 bits per heavy atom. The van der Waals surface area contributed by atoms with Gasteiger partial charge in [0.15, 0.2) is 0 Å². The number of carboxylic acids is 1. The van der Waals surface area contributed by atoms with Crippen LogP contribution in [-0.4, -0.2) is 23.0 Å². The molecule has 4 nitrogen and oxygen atoms in total. The summed E-state index contributed by atoms with van der Waals surface area (Å²) in [4.78, 5) is 23.1. The zero-order valence-corrected chi connectivity index (χ0v) is 12.8. The molecular weight excluding hydrogens is 301 g/mol. The molecule has 0 saturated carbocycles. The summed E-state index contributed by atoms with van der Waals surface area (Å²) in [6, 6.07) is 3.95. The minimum atomic E-state index is -1.03. The fraction of sp³-hybridized carbons (Fsp3) is 0.429. The summed E-state index contributed by atoms with van der Waals surface area (Å²) < 4.78 is 0. The fourth-order valence-corrected chi connectivity index (χ4v) is 2.22. The number of carbonyl (C=O) groups is 2. The van der Waals surface area contributed by atoms with E-state index in [1.165, 1.54) is 0 Å². The summed E-state index contributed by atoms with van der Waals surface area (Å²) in [7, 11) is 0. The van der Waals surface area contributed by atoms with Crippen molar-refractivity contribution in [1.82, 2.24) is 5.32 Å². The Kier molecular flexibility index (Phi) is 6.30. The molecule has 0 spiro atoms. The van der Waals surface area contributed by atoms with Crippen LogP contribution in [0.5, 0.6) is 0 Å². The average Bonchev–Trinajstić information content (AvgIpc) is 2.38. The van der Waals surface area contributed by atoms with Gasteiger partial charge < -0.3 is 10.4 Å². The number of amides is 1. The van der Waals surface area contributed by atoms with E-state index < -0.39 is 12.0 Å². The van der Waals surface area contributed by atoms with Crippen molar-refractivity contribution in [2.24, 2.45) is 5.92 Å². The topological polar surface area (TPSA) is 66.4 Å². The van der Waals surface area contributed by atoms with Crippen molar-refractivity contribution in [3.63, 3.8) is 0 Å². The van der Waals surface area contributed by atoms with Crippen LogP contribution in [0.2, 0.25) is 10.0 Å². The van der Waals surface area contributed by atoms with E-state index in [-0.39, 0.29) is 18.2 Å². The molecule has 1 amide bonds. The summed E-state index contributed by atoms with van der Waals surface area (Å²) >= 11 is 11.8. The average molecular weight is 318 g/mol. The van der Waals surface area contributed by atoms with Crippen molar-refractivity contribution in [1.29, 1.82) is 0 Å². The van der Waals surface area contributed by atoms with E-state index >= 15 is 0 Å². The molecule has 2 unspecified atom stereocenters. The molecule has 1 aromatic carbocycles. The van der Waals surface area contributed by atoms with Crippen LogP contribution in [0.15, 0.2) is 18.2 Å². The number of carboxylic acid groups (broad SMARTS) is 1. The first-order chi connectivity index (χ1) is 9.35. The minimum Gasteiger partial charge on any atom is -0.480 e. The Hall–Kier alpha value is -1.26. The number of hydrogen-bond acceptors (Lipinski definition) is 2. The Morgan fingerprint density at radius 3 is 2.50 bits per heavy atom. The van der Waals surface area contributed by atoms with Gasteiger partial charge in [0.1, 0.15) is 6.04 Å². The first-order valence-electron chi connectivity index (χ1n) is 6.31. The maximum atomic E-state index is 11.9. The second-order valence-corrected chi connectivity index (χ2v) is 5.53. The van der Waals surface area contributed by atoms with Gasteiger partial charge in [-0.05, 0) is 23.6 Å². The predicted octanol–water partition coefficient (Wildman–Crippen LogP) is 3.15. The molecule has 6 heteroatoms. The first kappa shape index (κ1) is 16.8. The van der Waals surface area contributed by atoms with Crippen LogP contribution in [0.3, 0.4) is 0 Å². The van der Waals surface area contributed by atoms with E-state index in [2.05, 4.69) is 5.32 Å². The number of aliphatic carboxylic acids is 1. The fourth-order valence-electron chi connectivity index (χ4n) is 1.75. The quantitative estimate of drug-likeness (QED) is 0.847. The Morgan fingerprint density at radius 2 is 2.00 bits per heavy atom. The largest absolute Gasteiger partial charge is 0.480 e. The van der Waals surface area contributed by atoms with Crippen LogP contribution in [0.25, 0.3) is 0 Å². The van der Waals surface area contributed by atoms with E-state index in [1.54, 1.807) is 25.1 Å². The highest BCUT2D eigenvalue weighted by Crippen LogP contribution is 2.21. The molecule has 0 aliphatic carbocycles. The molecule has 0 bridgehead atoms. The van der Waals surface area contributed by atoms with E-state index in [9.17, 15) is 9.59 Å². The molecule has 2 N–H and O–H groups in total. The maximum absolute atomic E-state index is 11.9. The number of nitrogens with one attached hydrogen (secondary N) is 1. The normalized spacial score (nSPS) is 13.6. The van der Waals surface area contributed by atoms with Gasteiger partial charge in [-0.15, -0.1) is 0 Å². The summed E-state index contributed by atoms with van der Waals surface area (Å²) in [5.74, 6) is -1.55. The molecule has 0 fully saturated rings. The number of rotatable bonds is 6. The smallest absolute Gasteiger partial charge is 0.326 e. The maximum Gasteiger partial charge on any atom is 0.326 e. The molecule has 0 saturated heterocycles. The monoisotopic (exact) mass is 317 g/mol. The van der Waals surface area contributed by atoms with E-state index in [1.807, 2.05) is 6.92 Å².